The van der Waals surface area contributed by atoms with Crippen LogP contribution in [0.5, 0.6) is 0 Å². The molecule has 0 N–H and O–H groups in total. The van der Waals surface area contributed by atoms with Crippen molar-refractivity contribution in [2.24, 2.45) is 0 Å². The number of carbonyl (C=O) groups is 1. The highest BCUT2D eigenvalue weighted by molar-refractivity contribution is 6.31. The summed E-state index contributed by atoms with van der Waals surface area (Å²) in [6.45, 7) is 3.22. The van der Waals surface area contributed by atoms with Gasteiger partial charge in [0.2, 0.25) is 0 Å². The van der Waals surface area contributed by atoms with Gasteiger partial charge in [-0.3, -0.25) is 4.79 Å². The summed E-state index contributed by atoms with van der Waals surface area (Å²) in [7, 11) is 0. The molecule has 2 rings (SSSR count). The van der Waals surface area contributed by atoms with E-state index in [4.69, 9.17) is 11.6 Å². The van der Waals surface area contributed by atoms with Crippen molar-refractivity contribution < 1.29 is 13.6 Å². The fourth-order valence-electron chi connectivity index (χ4n) is 1.82. The Bertz CT molecular complexity index is 665. The first kappa shape index (κ1) is 13.7. The Morgan fingerprint density at radius 3 is 2.32 bits per heavy atom. The predicted octanol–water partition coefficient (Wildman–Crippen LogP) is 4.47. The lowest BCUT2D eigenvalue weighted by molar-refractivity contribution is 0.103. The zero-order chi connectivity index (χ0) is 14.2. The van der Waals surface area contributed by atoms with E-state index in [0.29, 0.717) is 16.1 Å². The van der Waals surface area contributed by atoms with Gasteiger partial charge in [-0.25, -0.2) is 8.78 Å². The summed E-state index contributed by atoms with van der Waals surface area (Å²) in [5.74, 6) is -2.04. The van der Waals surface area contributed by atoms with E-state index in [9.17, 15) is 13.6 Å². The molecule has 0 amide bonds. The van der Waals surface area contributed by atoms with Crippen molar-refractivity contribution in [3.8, 4) is 0 Å². The quantitative estimate of drug-likeness (QED) is 0.742. The van der Waals surface area contributed by atoms with Crippen LogP contribution in [0, 0.1) is 25.5 Å². The van der Waals surface area contributed by atoms with Crippen LogP contribution in [0.4, 0.5) is 8.78 Å². The summed E-state index contributed by atoms with van der Waals surface area (Å²) in [5.41, 5.74) is 1.09. The number of halogens is 3. The van der Waals surface area contributed by atoms with E-state index in [2.05, 4.69) is 0 Å². The molecule has 2 aromatic rings. The van der Waals surface area contributed by atoms with Crippen molar-refractivity contribution in [2.75, 3.05) is 0 Å². The van der Waals surface area contributed by atoms with E-state index >= 15 is 0 Å². The average molecular weight is 281 g/mol. The van der Waals surface area contributed by atoms with Crippen LogP contribution in [-0.4, -0.2) is 5.78 Å². The standard InChI is InChI=1S/C15H11ClF2O/c1-8-3-4-10(16)6-11(8)15(19)12-5-9(2)13(17)7-14(12)18/h3-7H,1-2H3. The molecule has 0 aliphatic heterocycles. The van der Waals surface area contributed by atoms with Crippen LogP contribution in [0.2, 0.25) is 5.02 Å². The fraction of sp³-hybridized carbons (Fsp3) is 0.133. The zero-order valence-corrected chi connectivity index (χ0v) is 11.2. The first-order valence-corrected chi connectivity index (χ1v) is 6.04. The third-order valence-corrected chi connectivity index (χ3v) is 3.17. The Labute approximate surface area is 114 Å². The van der Waals surface area contributed by atoms with E-state index in [1.54, 1.807) is 19.1 Å². The van der Waals surface area contributed by atoms with Crippen molar-refractivity contribution >= 4 is 17.4 Å². The zero-order valence-electron chi connectivity index (χ0n) is 10.4. The highest BCUT2D eigenvalue weighted by atomic mass is 35.5. The average Bonchev–Trinajstić information content (AvgIpc) is 2.36. The van der Waals surface area contributed by atoms with Crippen molar-refractivity contribution in [3.05, 3.63) is 69.2 Å². The first-order valence-electron chi connectivity index (χ1n) is 5.66. The number of rotatable bonds is 2. The Morgan fingerprint density at radius 2 is 1.63 bits per heavy atom. The van der Waals surface area contributed by atoms with Gasteiger partial charge in [0.1, 0.15) is 11.6 Å². The Morgan fingerprint density at radius 1 is 0.947 bits per heavy atom. The predicted molar refractivity (Wildman–Crippen MR) is 70.7 cm³/mol. The Balaban J connectivity index is 2.56. The van der Waals surface area contributed by atoms with Crippen LogP contribution < -0.4 is 0 Å². The molecule has 19 heavy (non-hydrogen) atoms. The minimum Gasteiger partial charge on any atom is -0.288 e. The number of carbonyl (C=O) groups excluding carboxylic acids is 1. The van der Waals surface area contributed by atoms with E-state index < -0.39 is 17.4 Å². The molecule has 0 radical (unpaired) electrons. The van der Waals surface area contributed by atoms with Gasteiger partial charge in [-0.1, -0.05) is 17.7 Å². The second-order valence-corrected chi connectivity index (χ2v) is 4.81. The number of benzene rings is 2. The maximum absolute atomic E-state index is 13.7. The maximum atomic E-state index is 13.7. The van der Waals surface area contributed by atoms with Crippen LogP contribution in [0.1, 0.15) is 27.0 Å². The molecule has 0 saturated heterocycles. The van der Waals surface area contributed by atoms with Gasteiger partial charge in [-0.2, -0.15) is 0 Å². The fourth-order valence-corrected chi connectivity index (χ4v) is 1.99. The number of aryl methyl sites for hydroxylation is 2. The van der Waals surface area contributed by atoms with Crippen LogP contribution in [0.25, 0.3) is 0 Å². The highest BCUT2D eigenvalue weighted by Gasteiger charge is 2.18. The Kier molecular flexibility index (Phi) is 3.67. The summed E-state index contributed by atoms with van der Waals surface area (Å²) in [5, 5.41) is 0.396. The third-order valence-electron chi connectivity index (χ3n) is 2.94. The molecule has 0 unspecified atom stereocenters. The third kappa shape index (κ3) is 2.66. The van der Waals surface area contributed by atoms with Crippen molar-refractivity contribution in [1.82, 2.24) is 0 Å². The number of hydrogen-bond acceptors (Lipinski definition) is 1. The summed E-state index contributed by atoms with van der Waals surface area (Å²) >= 11 is 5.84. The minimum atomic E-state index is -0.868. The van der Waals surface area contributed by atoms with Crippen LogP contribution >= 0.6 is 11.6 Å². The van der Waals surface area contributed by atoms with E-state index in [-0.39, 0.29) is 11.1 Å². The SMILES string of the molecule is Cc1cc(C(=O)c2cc(Cl)ccc2C)c(F)cc1F. The van der Waals surface area contributed by atoms with Gasteiger partial charge in [0.25, 0.3) is 0 Å². The molecule has 0 spiro atoms. The van der Waals surface area contributed by atoms with Crippen LogP contribution in [0.15, 0.2) is 30.3 Å². The lowest BCUT2D eigenvalue weighted by atomic mass is 9.97. The molecule has 1 nitrogen and oxygen atoms in total. The summed E-state index contributed by atoms with van der Waals surface area (Å²) in [6, 6.07) is 6.76. The van der Waals surface area contributed by atoms with Gasteiger partial charge >= 0.3 is 0 Å². The van der Waals surface area contributed by atoms with E-state index in [1.807, 2.05) is 0 Å². The summed E-state index contributed by atoms with van der Waals surface area (Å²) < 4.78 is 26.9. The number of ketones is 1. The molecule has 4 heteroatoms. The minimum absolute atomic E-state index is 0.149. The first-order chi connectivity index (χ1) is 8.90. The monoisotopic (exact) mass is 280 g/mol. The molecule has 0 aromatic heterocycles. The summed E-state index contributed by atoms with van der Waals surface area (Å²) in [4.78, 5) is 12.3. The van der Waals surface area contributed by atoms with Gasteiger partial charge < -0.3 is 0 Å². The summed E-state index contributed by atoms with van der Waals surface area (Å²) in [6.07, 6.45) is 0. The lowest BCUT2D eigenvalue weighted by Crippen LogP contribution is -2.07. The highest BCUT2D eigenvalue weighted by Crippen LogP contribution is 2.22. The molecular weight excluding hydrogens is 270 g/mol. The molecule has 0 fully saturated rings. The van der Waals surface area contributed by atoms with Gasteiger partial charge in [0.15, 0.2) is 5.78 Å². The van der Waals surface area contributed by atoms with E-state index in [1.165, 1.54) is 19.1 Å². The molecular formula is C15H11ClF2O. The van der Waals surface area contributed by atoms with Gasteiger partial charge in [0.05, 0.1) is 5.56 Å². The maximum Gasteiger partial charge on any atom is 0.196 e. The number of hydrogen-bond donors (Lipinski definition) is 0. The topological polar surface area (TPSA) is 17.1 Å². The normalized spacial score (nSPS) is 10.6. The lowest BCUT2D eigenvalue weighted by Gasteiger charge is -2.08. The van der Waals surface area contributed by atoms with Gasteiger partial charge in [-0.15, -0.1) is 0 Å². The van der Waals surface area contributed by atoms with Gasteiger partial charge in [0, 0.05) is 16.7 Å². The molecule has 98 valence electrons. The molecule has 0 bridgehead atoms. The molecule has 0 aliphatic rings. The molecule has 0 saturated carbocycles. The van der Waals surface area contributed by atoms with Crippen LogP contribution in [0.3, 0.4) is 0 Å². The second kappa shape index (κ2) is 5.10. The molecule has 2 aromatic carbocycles. The van der Waals surface area contributed by atoms with E-state index in [0.717, 1.165) is 6.07 Å². The smallest absolute Gasteiger partial charge is 0.196 e. The van der Waals surface area contributed by atoms with Crippen molar-refractivity contribution in [1.29, 1.82) is 0 Å². The van der Waals surface area contributed by atoms with Crippen molar-refractivity contribution in [2.45, 2.75) is 13.8 Å². The molecule has 0 atom stereocenters. The molecule has 0 aliphatic carbocycles. The molecule has 0 heterocycles. The largest absolute Gasteiger partial charge is 0.288 e. The van der Waals surface area contributed by atoms with Crippen molar-refractivity contribution in [3.63, 3.8) is 0 Å². The Hall–Kier alpha value is -1.74. The van der Waals surface area contributed by atoms with Crippen LogP contribution in [-0.2, 0) is 0 Å². The van der Waals surface area contributed by atoms with Gasteiger partial charge in [-0.05, 0) is 43.2 Å². The second-order valence-electron chi connectivity index (χ2n) is 4.37.